The van der Waals surface area contributed by atoms with Crippen LogP contribution in [0.2, 0.25) is 0 Å². The third kappa shape index (κ3) is 1.84. The van der Waals surface area contributed by atoms with Gasteiger partial charge in [-0.3, -0.25) is 0 Å². The van der Waals surface area contributed by atoms with Crippen molar-refractivity contribution >= 4 is 16.9 Å². The Kier molecular flexibility index (Phi) is 2.85. The molecule has 8 heteroatoms. The van der Waals surface area contributed by atoms with E-state index in [0.29, 0.717) is 5.65 Å². The molecule has 0 unspecified atom stereocenters. The Bertz CT molecular complexity index is 617. The van der Waals surface area contributed by atoms with Crippen molar-refractivity contribution < 1.29 is 19.3 Å². The number of aromatic nitrogens is 3. The summed E-state index contributed by atoms with van der Waals surface area (Å²) in [4.78, 5) is 7.73. The van der Waals surface area contributed by atoms with Gasteiger partial charge in [-0.25, -0.2) is 14.4 Å². The summed E-state index contributed by atoms with van der Waals surface area (Å²) in [5.74, 6) is -0.489. The number of halogens is 1. The molecule has 0 aliphatic carbocycles. The number of nitrogen functional groups attached to an aromatic ring is 1. The zero-order chi connectivity index (χ0) is 13.6. The van der Waals surface area contributed by atoms with Crippen molar-refractivity contribution in [1.82, 2.24) is 14.5 Å². The lowest BCUT2D eigenvalue weighted by Crippen LogP contribution is -2.24. The van der Waals surface area contributed by atoms with Crippen molar-refractivity contribution in [3.05, 3.63) is 18.3 Å². The quantitative estimate of drug-likeness (QED) is 0.696. The number of aliphatic hydroxyl groups excluding tert-OH is 2. The summed E-state index contributed by atoms with van der Waals surface area (Å²) < 4.78 is 20.8. The van der Waals surface area contributed by atoms with Crippen LogP contribution in [0.15, 0.2) is 12.5 Å². The molecule has 3 rings (SSSR count). The van der Waals surface area contributed by atoms with Crippen molar-refractivity contribution in [2.24, 2.45) is 0 Å². The minimum atomic E-state index is -0.797. The fraction of sp³-hybridized carbons (Fsp3) is 0.455. The molecule has 4 N–H and O–H groups in total. The fourth-order valence-corrected chi connectivity index (χ4v) is 2.33. The highest BCUT2D eigenvalue weighted by molar-refractivity contribution is 5.86. The van der Waals surface area contributed by atoms with E-state index in [1.165, 1.54) is 17.1 Å². The second-order valence-electron chi connectivity index (χ2n) is 4.46. The molecule has 102 valence electrons. The lowest BCUT2D eigenvalue weighted by Gasteiger charge is -2.14. The van der Waals surface area contributed by atoms with E-state index in [1.54, 1.807) is 0 Å². The second kappa shape index (κ2) is 4.41. The van der Waals surface area contributed by atoms with Gasteiger partial charge in [-0.05, 0) is 0 Å². The van der Waals surface area contributed by atoms with E-state index in [2.05, 4.69) is 9.97 Å². The van der Waals surface area contributed by atoms with Gasteiger partial charge in [0.05, 0.1) is 18.1 Å². The molecule has 3 atom stereocenters. The summed E-state index contributed by atoms with van der Waals surface area (Å²) in [6.07, 6.45) is 0.640. The molecular formula is C11H13FN4O3. The first-order valence-corrected chi connectivity index (χ1v) is 5.82. The molecule has 0 saturated carbocycles. The van der Waals surface area contributed by atoms with Gasteiger partial charge >= 0.3 is 0 Å². The topological polar surface area (TPSA) is 106 Å². The maximum atomic E-state index is 13.8. The van der Waals surface area contributed by atoms with E-state index in [9.17, 15) is 9.50 Å². The van der Waals surface area contributed by atoms with Crippen LogP contribution in [-0.4, -0.2) is 43.6 Å². The largest absolute Gasteiger partial charge is 0.394 e. The summed E-state index contributed by atoms with van der Waals surface area (Å²) in [7, 11) is 0. The summed E-state index contributed by atoms with van der Waals surface area (Å²) >= 11 is 0. The molecule has 0 radical (unpaired) electrons. The van der Waals surface area contributed by atoms with Crippen LogP contribution in [0.5, 0.6) is 0 Å². The molecule has 0 spiro atoms. The second-order valence-corrected chi connectivity index (χ2v) is 4.46. The van der Waals surface area contributed by atoms with Gasteiger partial charge in [0.25, 0.3) is 0 Å². The van der Waals surface area contributed by atoms with Crippen LogP contribution in [0.3, 0.4) is 0 Å². The van der Waals surface area contributed by atoms with Crippen LogP contribution >= 0.6 is 0 Å². The average molecular weight is 268 g/mol. The molecule has 1 aliphatic heterocycles. The van der Waals surface area contributed by atoms with Crippen molar-refractivity contribution in [3.8, 4) is 0 Å². The molecule has 19 heavy (non-hydrogen) atoms. The Balaban J connectivity index is 2.05. The number of hydrogen-bond donors (Lipinski definition) is 3. The maximum Gasteiger partial charge on any atom is 0.154 e. The van der Waals surface area contributed by atoms with Crippen LogP contribution in [-0.2, 0) is 4.74 Å². The monoisotopic (exact) mass is 268 g/mol. The summed E-state index contributed by atoms with van der Waals surface area (Å²) in [5.41, 5.74) is 5.92. The minimum Gasteiger partial charge on any atom is -0.394 e. The van der Waals surface area contributed by atoms with Gasteiger partial charge < -0.3 is 25.3 Å². The van der Waals surface area contributed by atoms with Gasteiger partial charge in [0.15, 0.2) is 11.5 Å². The number of fused-ring (bicyclic) bond motifs is 1. The number of hydrogen-bond acceptors (Lipinski definition) is 6. The molecule has 2 aromatic rings. The summed E-state index contributed by atoms with van der Waals surface area (Å²) in [5, 5.41) is 18.9. The van der Waals surface area contributed by atoms with E-state index in [4.69, 9.17) is 15.6 Å². The third-order valence-electron chi connectivity index (χ3n) is 3.29. The molecule has 3 heterocycles. The molecular weight excluding hydrogens is 255 g/mol. The number of aliphatic hydroxyl groups is 2. The van der Waals surface area contributed by atoms with Gasteiger partial charge in [-0.1, -0.05) is 0 Å². The predicted octanol–water partition coefficient (Wildman–Crippen LogP) is -0.207. The van der Waals surface area contributed by atoms with Gasteiger partial charge in [0.2, 0.25) is 0 Å². The minimum absolute atomic E-state index is 0.0542. The zero-order valence-electron chi connectivity index (χ0n) is 9.90. The van der Waals surface area contributed by atoms with Crippen molar-refractivity contribution in [1.29, 1.82) is 0 Å². The average Bonchev–Trinajstić information content (AvgIpc) is 2.91. The third-order valence-corrected chi connectivity index (χ3v) is 3.29. The van der Waals surface area contributed by atoms with Crippen LogP contribution < -0.4 is 5.73 Å². The van der Waals surface area contributed by atoms with E-state index in [-0.39, 0.29) is 24.2 Å². The Labute approximate surface area is 107 Å². The van der Waals surface area contributed by atoms with E-state index >= 15 is 0 Å². The first kappa shape index (κ1) is 12.3. The first-order chi connectivity index (χ1) is 9.11. The van der Waals surface area contributed by atoms with Crippen LogP contribution in [0.25, 0.3) is 11.0 Å². The highest BCUT2D eigenvalue weighted by atomic mass is 19.1. The van der Waals surface area contributed by atoms with Crippen LogP contribution in [0.1, 0.15) is 12.6 Å². The SMILES string of the molecule is Nc1ncnc2c1c(F)cn2[C@H]1C[C@H](O)[C@@H](CO)O1. The molecule has 0 bridgehead atoms. The smallest absolute Gasteiger partial charge is 0.154 e. The lowest BCUT2D eigenvalue weighted by molar-refractivity contribution is -0.0431. The Morgan fingerprint density at radius 1 is 1.53 bits per heavy atom. The van der Waals surface area contributed by atoms with E-state index in [0.717, 1.165) is 0 Å². The number of rotatable bonds is 2. The van der Waals surface area contributed by atoms with Gasteiger partial charge in [-0.2, -0.15) is 0 Å². The summed E-state index contributed by atoms with van der Waals surface area (Å²) in [6.45, 7) is -0.295. The van der Waals surface area contributed by atoms with Crippen molar-refractivity contribution in [2.75, 3.05) is 12.3 Å². The number of nitrogens with two attached hydrogens (primary N) is 1. The molecule has 1 aliphatic rings. The molecule has 0 aromatic carbocycles. The highest BCUT2D eigenvalue weighted by Gasteiger charge is 2.35. The molecule has 1 saturated heterocycles. The van der Waals surface area contributed by atoms with Gasteiger partial charge in [0, 0.05) is 12.6 Å². The van der Waals surface area contributed by atoms with Gasteiger partial charge in [-0.15, -0.1) is 0 Å². The fourth-order valence-electron chi connectivity index (χ4n) is 2.33. The summed E-state index contributed by atoms with van der Waals surface area (Å²) in [6, 6.07) is 0. The molecule has 7 nitrogen and oxygen atoms in total. The van der Waals surface area contributed by atoms with E-state index < -0.39 is 24.3 Å². The number of ether oxygens (including phenoxy) is 1. The van der Waals surface area contributed by atoms with Gasteiger partial charge in [0.1, 0.15) is 24.5 Å². The van der Waals surface area contributed by atoms with Crippen LogP contribution in [0.4, 0.5) is 10.2 Å². The molecule has 0 amide bonds. The van der Waals surface area contributed by atoms with Crippen molar-refractivity contribution in [3.63, 3.8) is 0 Å². The number of nitrogens with zero attached hydrogens (tertiary/aromatic N) is 3. The number of anilines is 1. The molecule has 2 aromatic heterocycles. The van der Waals surface area contributed by atoms with E-state index in [1.807, 2.05) is 0 Å². The molecule has 1 fully saturated rings. The first-order valence-electron chi connectivity index (χ1n) is 5.82. The zero-order valence-corrected chi connectivity index (χ0v) is 9.90. The maximum absolute atomic E-state index is 13.8. The standard InChI is InChI=1S/C11H13FN4O3/c12-5-2-16(8-1-6(18)7(3-17)19-8)11-9(5)10(13)14-4-15-11/h2,4,6-8,17-18H,1,3H2,(H2,13,14,15)/t6-,7+,8+/m0/s1. The Morgan fingerprint density at radius 3 is 3.00 bits per heavy atom. The normalized spacial score (nSPS) is 27.2. The Morgan fingerprint density at radius 2 is 2.32 bits per heavy atom. The van der Waals surface area contributed by atoms with Crippen molar-refractivity contribution in [2.45, 2.75) is 24.9 Å². The predicted molar refractivity (Wildman–Crippen MR) is 63.5 cm³/mol. The van der Waals surface area contributed by atoms with Crippen LogP contribution in [0, 0.1) is 5.82 Å². The Hall–Kier alpha value is -1.77. The lowest BCUT2D eigenvalue weighted by atomic mass is 10.2. The highest BCUT2D eigenvalue weighted by Crippen LogP contribution is 2.33.